The molecule has 0 aliphatic heterocycles. The Labute approximate surface area is 115 Å². The van der Waals surface area contributed by atoms with Crippen LogP contribution in [-0.4, -0.2) is 4.57 Å². The largest absolute Gasteiger partial charge is 0.324 e. The number of hydrogen-bond acceptors (Lipinski definition) is 2. The molecule has 0 saturated carbocycles. The summed E-state index contributed by atoms with van der Waals surface area (Å²) in [4.78, 5) is 11.8. The van der Waals surface area contributed by atoms with E-state index in [1.165, 1.54) is 18.2 Å². The zero-order valence-electron chi connectivity index (χ0n) is 10.7. The third kappa shape index (κ3) is 2.69. The Morgan fingerprint density at radius 1 is 1.37 bits per heavy atom. The predicted octanol–water partition coefficient (Wildman–Crippen LogP) is 2.96. The van der Waals surface area contributed by atoms with Gasteiger partial charge in [0.15, 0.2) is 5.43 Å². The van der Waals surface area contributed by atoms with E-state index >= 15 is 0 Å². The summed E-state index contributed by atoms with van der Waals surface area (Å²) in [6.45, 7) is 3.54. The van der Waals surface area contributed by atoms with Crippen LogP contribution in [0.15, 0.2) is 35.3 Å². The van der Waals surface area contributed by atoms with Gasteiger partial charge < -0.3 is 10.3 Å². The van der Waals surface area contributed by atoms with Crippen molar-refractivity contribution >= 4 is 11.6 Å². The molecule has 2 N–H and O–H groups in total. The number of nitrogens with zero attached hydrogens (tertiary/aromatic N) is 1. The highest BCUT2D eigenvalue weighted by molar-refractivity contribution is 6.30. The molecule has 0 spiro atoms. The molecule has 1 aromatic carbocycles. The lowest BCUT2D eigenvalue weighted by Gasteiger charge is -2.14. The van der Waals surface area contributed by atoms with Gasteiger partial charge in [0.25, 0.3) is 0 Å². The van der Waals surface area contributed by atoms with E-state index in [0.717, 1.165) is 5.69 Å². The third-order valence-corrected chi connectivity index (χ3v) is 3.23. The van der Waals surface area contributed by atoms with Gasteiger partial charge in [0.05, 0.1) is 5.02 Å². The molecule has 5 heteroatoms. The Bertz CT molecular complexity index is 680. The lowest BCUT2D eigenvalue weighted by Crippen LogP contribution is -2.20. The van der Waals surface area contributed by atoms with Crippen molar-refractivity contribution in [2.45, 2.75) is 19.9 Å². The van der Waals surface area contributed by atoms with Gasteiger partial charge in [-0.25, -0.2) is 4.39 Å². The summed E-state index contributed by atoms with van der Waals surface area (Å²) >= 11 is 5.77. The predicted molar refractivity (Wildman–Crippen MR) is 74.3 cm³/mol. The van der Waals surface area contributed by atoms with Gasteiger partial charge >= 0.3 is 0 Å². The molecule has 3 nitrogen and oxygen atoms in total. The zero-order chi connectivity index (χ0) is 14.2. The van der Waals surface area contributed by atoms with Gasteiger partial charge in [-0.15, -0.1) is 0 Å². The third-order valence-electron chi connectivity index (χ3n) is 2.94. The Morgan fingerprint density at radius 3 is 2.63 bits per heavy atom. The summed E-state index contributed by atoms with van der Waals surface area (Å²) in [5, 5.41) is 0.0398. The minimum Gasteiger partial charge on any atom is -0.324 e. The maximum absolute atomic E-state index is 13.2. The van der Waals surface area contributed by atoms with Gasteiger partial charge in [-0.1, -0.05) is 11.6 Å². The fraction of sp³-hybridized carbons (Fsp3) is 0.214. The molecule has 1 aromatic heterocycles. The van der Waals surface area contributed by atoms with Crippen molar-refractivity contribution < 1.29 is 4.39 Å². The number of benzene rings is 1. The van der Waals surface area contributed by atoms with Crippen molar-refractivity contribution in [1.82, 2.24) is 4.57 Å². The van der Waals surface area contributed by atoms with E-state index in [0.29, 0.717) is 11.3 Å². The van der Waals surface area contributed by atoms with Crippen LogP contribution in [-0.2, 0) is 0 Å². The molecule has 0 aliphatic carbocycles. The molecule has 1 unspecified atom stereocenters. The Balaban J connectivity index is 2.64. The van der Waals surface area contributed by atoms with E-state index in [2.05, 4.69) is 0 Å². The van der Waals surface area contributed by atoms with E-state index in [1.54, 1.807) is 30.7 Å². The van der Waals surface area contributed by atoms with Gasteiger partial charge in [0, 0.05) is 35.2 Å². The molecule has 1 atom stereocenters. The number of halogens is 2. The zero-order valence-corrected chi connectivity index (χ0v) is 11.4. The van der Waals surface area contributed by atoms with Crippen LogP contribution in [0.3, 0.4) is 0 Å². The molecule has 19 heavy (non-hydrogen) atoms. The van der Waals surface area contributed by atoms with Gasteiger partial charge in [-0.2, -0.15) is 0 Å². The van der Waals surface area contributed by atoms with E-state index in [1.807, 2.05) is 0 Å². The average Bonchev–Trinajstić information content (AvgIpc) is 2.32. The fourth-order valence-electron chi connectivity index (χ4n) is 1.90. The first-order valence-electron chi connectivity index (χ1n) is 5.84. The first kappa shape index (κ1) is 13.8. The number of nitrogens with two attached hydrogens (primary N) is 1. The first-order chi connectivity index (χ1) is 8.90. The Hall–Kier alpha value is -1.65. The Morgan fingerprint density at radius 2 is 2.05 bits per heavy atom. The number of hydrogen-bond donors (Lipinski definition) is 1. The van der Waals surface area contributed by atoms with E-state index in [9.17, 15) is 9.18 Å². The van der Waals surface area contributed by atoms with Crippen molar-refractivity contribution in [3.63, 3.8) is 0 Å². The second kappa shape index (κ2) is 5.15. The van der Waals surface area contributed by atoms with E-state index in [4.69, 9.17) is 17.3 Å². The minimum absolute atomic E-state index is 0.0398. The standard InChI is InChI=1S/C14H14ClFN2O/c1-8-5-14(19)11(9(2)17)7-18(8)10-3-4-13(16)12(15)6-10/h3-7,9H,17H2,1-2H3. The molecule has 0 amide bonds. The number of rotatable bonds is 2. The van der Waals surface area contributed by atoms with Crippen LogP contribution < -0.4 is 11.2 Å². The van der Waals surface area contributed by atoms with Crippen LogP contribution in [0.2, 0.25) is 5.02 Å². The molecule has 100 valence electrons. The van der Waals surface area contributed by atoms with E-state index in [-0.39, 0.29) is 16.5 Å². The highest BCUT2D eigenvalue weighted by atomic mass is 35.5. The molecular formula is C14H14ClFN2O. The molecule has 0 bridgehead atoms. The number of pyridine rings is 1. The molecule has 0 radical (unpaired) electrons. The van der Waals surface area contributed by atoms with Crippen molar-refractivity contribution in [2.24, 2.45) is 5.73 Å². The monoisotopic (exact) mass is 280 g/mol. The second-order valence-electron chi connectivity index (χ2n) is 4.49. The Kier molecular flexibility index (Phi) is 3.73. The van der Waals surface area contributed by atoms with Gasteiger partial charge in [-0.3, -0.25) is 4.79 Å². The van der Waals surface area contributed by atoms with Crippen LogP contribution in [0.1, 0.15) is 24.2 Å². The van der Waals surface area contributed by atoms with Crippen molar-refractivity contribution in [2.75, 3.05) is 0 Å². The molecule has 0 fully saturated rings. The highest BCUT2D eigenvalue weighted by Gasteiger charge is 2.10. The molecule has 0 saturated heterocycles. The van der Waals surface area contributed by atoms with Crippen molar-refractivity contribution in [3.05, 3.63) is 62.8 Å². The SMILES string of the molecule is Cc1cc(=O)c(C(C)N)cn1-c1ccc(F)c(Cl)c1. The molecular weight excluding hydrogens is 267 g/mol. The van der Waals surface area contributed by atoms with Crippen LogP contribution in [0, 0.1) is 12.7 Å². The molecule has 0 aliphatic rings. The fourth-order valence-corrected chi connectivity index (χ4v) is 2.08. The maximum atomic E-state index is 13.2. The smallest absolute Gasteiger partial charge is 0.186 e. The van der Waals surface area contributed by atoms with Gasteiger partial charge in [0.2, 0.25) is 0 Å². The quantitative estimate of drug-likeness (QED) is 0.919. The maximum Gasteiger partial charge on any atom is 0.186 e. The van der Waals surface area contributed by atoms with Crippen LogP contribution in [0.4, 0.5) is 4.39 Å². The second-order valence-corrected chi connectivity index (χ2v) is 4.90. The van der Waals surface area contributed by atoms with Crippen LogP contribution in [0.5, 0.6) is 0 Å². The van der Waals surface area contributed by atoms with Crippen LogP contribution >= 0.6 is 11.6 Å². The molecule has 2 rings (SSSR count). The van der Waals surface area contributed by atoms with Crippen molar-refractivity contribution in [3.8, 4) is 5.69 Å². The summed E-state index contributed by atoms with van der Waals surface area (Å²) in [6.07, 6.45) is 1.67. The summed E-state index contributed by atoms with van der Waals surface area (Å²) in [7, 11) is 0. The minimum atomic E-state index is -0.475. The van der Waals surface area contributed by atoms with Gasteiger partial charge in [0.1, 0.15) is 5.82 Å². The lowest BCUT2D eigenvalue weighted by atomic mass is 10.1. The summed E-state index contributed by atoms with van der Waals surface area (Å²) in [5.41, 5.74) is 7.59. The topological polar surface area (TPSA) is 48.0 Å². The molecule has 1 heterocycles. The summed E-state index contributed by atoms with van der Waals surface area (Å²) in [5.74, 6) is -0.475. The summed E-state index contributed by atoms with van der Waals surface area (Å²) < 4.78 is 14.9. The van der Waals surface area contributed by atoms with Crippen molar-refractivity contribution in [1.29, 1.82) is 0 Å². The van der Waals surface area contributed by atoms with Gasteiger partial charge in [-0.05, 0) is 32.0 Å². The van der Waals surface area contributed by atoms with Crippen LogP contribution in [0.25, 0.3) is 5.69 Å². The molecule has 2 aromatic rings. The summed E-state index contributed by atoms with van der Waals surface area (Å²) in [6, 6.07) is 5.55. The van der Waals surface area contributed by atoms with E-state index < -0.39 is 5.82 Å². The normalized spacial score (nSPS) is 12.5. The highest BCUT2D eigenvalue weighted by Crippen LogP contribution is 2.20. The average molecular weight is 281 g/mol. The lowest BCUT2D eigenvalue weighted by molar-refractivity contribution is 0.627. The first-order valence-corrected chi connectivity index (χ1v) is 6.22. The number of aryl methyl sites for hydroxylation is 1. The number of aromatic nitrogens is 1.